The van der Waals surface area contributed by atoms with Gasteiger partial charge in [-0.25, -0.2) is 0 Å². The Morgan fingerprint density at radius 1 is 1.05 bits per heavy atom. The van der Waals surface area contributed by atoms with E-state index in [9.17, 15) is 0 Å². The van der Waals surface area contributed by atoms with Crippen LogP contribution in [0.15, 0.2) is 53.4 Å². The fraction of sp³-hybridized carbons (Fsp3) is 0.250. The SMILES string of the molecule is Clc1ccccc1SC1CCc2ccccc2NC1. The normalized spacial score (nSPS) is 18.3. The van der Waals surface area contributed by atoms with Crippen LogP contribution < -0.4 is 5.32 Å². The zero-order valence-corrected chi connectivity index (χ0v) is 12.2. The van der Waals surface area contributed by atoms with E-state index in [1.54, 1.807) is 0 Å². The first kappa shape index (κ1) is 12.9. The molecular weight excluding hydrogens is 274 g/mol. The summed E-state index contributed by atoms with van der Waals surface area (Å²) >= 11 is 8.11. The maximum Gasteiger partial charge on any atom is 0.0541 e. The summed E-state index contributed by atoms with van der Waals surface area (Å²) in [4.78, 5) is 1.18. The van der Waals surface area contributed by atoms with E-state index in [-0.39, 0.29) is 0 Å². The van der Waals surface area contributed by atoms with Gasteiger partial charge in [-0.1, -0.05) is 41.9 Å². The number of hydrogen-bond donors (Lipinski definition) is 1. The number of para-hydroxylation sites is 1. The highest BCUT2D eigenvalue weighted by Crippen LogP contribution is 2.34. The van der Waals surface area contributed by atoms with Crippen LogP contribution in [0.2, 0.25) is 5.02 Å². The molecule has 1 unspecified atom stereocenters. The molecule has 0 saturated carbocycles. The van der Waals surface area contributed by atoms with Gasteiger partial charge in [-0.3, -0.25) is 0 Å². The second-order valence-electron chi connectivity index (χ2n) is 4.75. The maximum absolute atomic E-state index is 6.23. The van der Waals surface area contributed by atoms with Gasteiger partial charge in [0.05, 0.1) is 5.02 Å². The van der Waals surface area contributed by atoms with Crippen LogP contribution in [-0.2, 0) is 6.42 Å². The zero-order chi connectivity index (χ0) is 13.1. The molecule has 0 fully saturated rings. The van der Waals surface area contributed by atoms with Crippen LogP contribution in [0.5, 0.6) is 0 Å². The molecule has 0 radical (unpaired) electrons. The predicted octanol–water partition coefficient (Wildman–Crippen LogP) is 4.86. The number of benzene rings is 2. The van der Waals surface area contributed by atoms with Gasteiger partial charge in [0.1, 0.15) is 0 Å². The molecular formula is C16H16ClNS. The molecule has 1 heterocycles. The minimum Gasteiger partial charge on any atom is -0.384 e. The highest BCUT2D eigenvalue weighted by atomic mass is 35.5. The maximum atomic E-state index is 6.23. The summed E-state index contributed by atoms with van der Waals surface area (Å²) < 4.78 is 0. The summed E-state index contributed by atoms with van der Waals surface area (Å²) in [5.41, 5.74) is 2.70. The third kappa shape index (κ3) is 3.07. The van der Waals surface area contributed by atoms with Crippen LogP contribution in [0.25, 0.3) is 0 Å². The largest absolute Gasteiger partial charge is 0.384 e. The molecule has 1 aliphatic heterocycles. The van der Waals surface area contributed by atoms with Crippen molar-refractivity contribution < 1.29 is 0 Å². The number of thioether (sulfide) groups is 1. The Hall–Kier alpha value is -1.12. The van der Waals surface area contributed by atoms with Crippen molar-refractivity contribution in [1.82, 2.24) is 0 Å². The number of fused-ring (bicyclic) bond motifs is 1. The minimum atomic E-state index is 0.562. The molecule has 1 N–H and O–H groups in total. The fourth-order valence-corrected chi connectivity index (χ4v) is 3.74. The van der Waals surface area contributed by atoms with Crippen molar-refractivity contribution in [2.75, 3.05) is 11.9 Å². The van der Waals surface area contributed by atoms with Gasteiger partial charge in [-0.2, -0.15) is 0 Å². The molecule has 0 aliphatic carbocycles. The third-order valence-electron chi connectivity index (χ3n) is 3.40. The van der Waals surface area contributed by atoms with Gasteiger partial charge in [0.25, 0.3) is 0 Å². The van der Waals surface area contributed by atoms with Gasteiger partial charge in [-0.05, 0) is 36.6 Å². The number of halogens is 1. The van der Waals surface area contributed by atoms with Gasteiger partial charge >= 0.3 is 0 Å². The fourth-order valence-electron chi connectivity index (χ4n) is 2.37. The van der Waals surface area contributed by atoms with Crippen LogP contribution >= 0.6 is 23.4 Å². The Bertz CT molecular complexity index is 543. The van der Waals surface area contributed by atoms with Gasteiger partial charge in [-0.15, -0.1) is 11.8 Å². The van der Waals surface area contributed by atoms with Crippen molar-refractivity contribution in [2.24, 2.45) is 0 Å². The molecule has 3 rings (SSSR count). The Labute approximate surface area is 123 Å². The van der Waals surface area contributed by atoms with Gasteiger partial charge in [0, 0.05) is 22.4 Å². The summed E-state index contributed by atoms with van der Waals surface area (Å²) in [7, 11) is 0. The van der Waals surface area contributed by atoms with E-state index in [0.717, 1.165) is 18.0 Å². The molecule has 0 aromatic heterocycles. The first-order valence-electron chi connectivity index (χ1n) is 6.56. The van der Waals surface area contributed by atoms with E-state index in [1.807, 2.05) is 30.0 Å². The summed E-state index contributed by atoms with van der Waals surface area (Å²) in [6.07, 6.45) is 2.31. The van der Waals surface area contributed by atoms with Gasteiger partial charge < -0.3 is 5.32 Å². The second kappa shape index (κ2) is 5.89. The third-order valence-corrected chi connectivity index (χ3v) is 5.19. The highest BCUT2D eigenvalue weighted by molar-refractivity contribution is 8.00. The summed E-state index contributed by atoms with van der Waals surface area (Å²) in [6.45, 7) is 0.993. The van der Waals surface area contributed by atoms with Crippen LogP contribution in [0.4, 0.5) is 5.69 Å². The van der Waals surface area contributed by atoms with Gasteiger partial charge in [0.2, 0.25) is 0 Å². The van der Waals surface area contributed by atoms with E-state index in [0.29, 0.717) is 5.25 Å². The quantitative estimate of drug-likeness (QED) is 0.847. The van der Waals surface area contributed by atoms with Crippen molar-refractivity contribution in [3.63, 3.8) is 0 Å². The Morgan fingerprint density at radius 3 is 2.74 bits per heavy atom. The predicted molar refractivity (Wildman–Crippen MR) is 84.3 cm³/mol. The molecule has 1 nitrogen and oxygen atoms in total. The number of aryl methyl sites for hydroxylation is 1. The lowest BCUT2D eigenvalue weighted by Crippen LogP contribution is -2.14. The molecule has 3 heteroatoms. The highest BCUT2D eigenvalue weighted by Gasteiger charge is 2.17. The van der Waals surface area contributed by atoms with Crippen molar-refractivity contribution in [3.05, 3.63) is 59.1 Å². The molecule has 0 saturated heterocycles. The Balaban J connectivity index is 1.71. The topological polar surface area (TPSA) is 12.0 Å². The summed E-state index contributed by atoms with van der Waals surface area (Å²) in [6, 6.07) is 16.7. The first-order valence-corrected chi connectivity index (χ1v) is 7.81. The minimum absolute atomic E-state index is 0.562. The van der Waals surface area contributed by atoms with E-state index >= 15 is 0 Å². The van der Waals surface area contributed by atoms with E-state index in [2.05, 4.69) is 35.6 Å². The van der Waals surface area contributed by atoms with Crippen LogP contribution in [0.3, 0.4) is 0 Å². The molecule has 0 amide bonds. The molecule has 2 aromatic rings. The molecule has 1 atom stereocenters. The van der Waals surface area contributed by atoms with E-state index in [1.165, 1.54) is 22.6 Å². The number of hydrogen-bond acceptors (Lipinski definition) is 2. The lowest BCUT2D eigenvalue weighted by molar-refractivity contribution is 0.803. The van der Waals surface area contributed by atoms with Crippen LogP contribution in [-0.4, -0.2) is 11.8 Å². The molecule has 19 heavy (non-hydrogen) atoms. The lowest BCUT2D eigenvalue weighted by Gasteiger charge is -2.15. The van der Waals surface area contributed by atoms with Crippen molar-refractivity contribution >= 4 is 29.1 Å². The monoisotopic (exact) mass is 289 g/mol. The molecule has 1 aliphatic rings. The molecule has 0 bridgehead atoms. The van der Waals surface area contributed by atoms with Gasteiger partial charge in [0.15, 0.2) is 0 Å². The Morgan fingerprint density at radius 2 is 1.84 bits per heavy atom. The van der Waals surface area contributed by atoms with E-state index in [4.69, 9.17) is 11.6 Å². The van der Waals surface area contributed by atoms with Crippen molar-refractivity contribution in [2.45, 2.75) is 23.0 Å². The molecule has 2 aromatic carbocycles. The molecule has 0 spiro atoms. The van der Waals surface area contributed by atoms with Crippen molar-refractivity contribution in [1.29, 1.82) is 0 Å². The summed E-state index contributed by atoms with van der Waals surface area (Å²) in [5, 5.41) is 4.97. The first-order chi connectivity index (χ1) is 9.33. The van der Waals surface area contributed by atoms with Crippen LogP contribution in [0.1, 0.15) is 12.0 Å². The second-order valence-corrected chi connectivity index (χ2v) is 6.50. The summed E-state index contributed by atoms with van der Waals surface area (Å²) in [5.74, 6) is 0. The standard InChI is InChI=1S/C16H16ClNS/c17-14-6-2-4-8-16(14)19-13-10-9-12-5-1-3-7-15(12)18-11-13/h1-8,13,18H,9-11H2. The van der Waals surface area contributed by atoms with Crippen molar-refractivity contribution in [3.8, 4) is 0 Å². The van der Waals surface area contributed by atoms with E-state index < -0.39 is 0 Å². The lowest BCUT2D eigenvalue weighted by atomic mass is 10.1. The average Bonchev–Trinajstić information content (AvgIpc) is 2.64. The zero-order valence-electron chi connectivity index (χ0n) is 10.6. The smallest absolute Gasteiger partial charge is 0.0541 e. The average molecular weight is 290 g/mol. The number of nitrogens with one attached hydrogen (secondary N) is 1. The molecule has 98 valence electrons. The number of anilines is 1. The van der Waals surface area contributed by atoms with Crippen LogP contribution in [0, 0.1) is 0 Å². The Kier molecular flexibility index (Phi) is 4.00. The number of rotatable bonds is 2.